The van der Waals surface area contributed by atoms with E-state index in [2.05, 4.69) is 19.9 Å². The molecule has 0 atom stereocenters. The van der Waals surface area contributed by atoms with Crippen LogP contribution in [-0.4, -0.2) is 5.78 Å². The second-order valence-corrected chi connectivity index (χ2v) is 4.07. The van der Waals surface area contributed by atoms with Gasteiger partial charge in [0.15, 0.2) is 5.78 Å². The number of allylic oxidation sites excluding steroid dienone is 2. The highest BCUT2D eigenvalue weighted by Gasteiger charge is 2.21. The van der Waals surface area contributed by atoms with Gasteiger partial charge in [0.25, 0.3) is 0 Å². The number of ketones is 1. The summed E-state index contributed by atoms with van der Waals surface area (Å²) in [6.45, 7) is 6.04. The van der Waals surface area contributed by atoms with Crippen molar-refractivity contribution in [3.63, 3.8) is 0 Å². The number of carbonyl (C=O) groups is 1. The normalized spacial score (nSPS) is 22.6. The van der Waals surface area contributed by atoms with E-state index in [0.29, 0.717) is 0 Å². The molecular weight excluding hydrogens is 136 g/mol. The molecule has 1 nitrogen and oxygen atoms in total. The molecule has 0 aromatic heterocycles. The summed E-state index contributed by atoms with van der Waals surface area (Å²) in [6, 6.07) is 0. The average molecular weight is 152 g/mol. The van der Waals surface area contributed by atoms with Gasteiger partial charge in [-0.15, -0.1) is 0 Å². The van der Waals surface area contributed by atoms with Crippen LogP contribution in [0.4, 0.5) is 0 Å². The lowest BCUT2D eigenvalue weighted by atomic mass is 9.79. The van der Waals surface area contributed by atoms with E-state index in [1.165, 1.54) is 12.8 Å². The van der Waals surface area contributed by atoms with E-state index in [1.54, 1.807) is 6.92 Å². The van der Waals surface area contributed by atoms with Crippen LogP contribution in [-0.2, 0) is 4.79 Å². The molecule has 1 heteroatoms. The van der Waals surface area contributed by atoms with Gasteiger partial charge in [-0.1, -0.05) is 19.9 Å². The first-order valence-electron chi connectivity index (χ1n) is 4.24. The molecule has 0 aliphatic heterocycles. The van der Waals surface area contributed by atoms with Gasteiger partial charge in [0.1, 0.15) is 0 Å². The molecule has 0 saturated carbocycles. The van der Waals surface area contributed by atoms with Crippen molar-refractivity contribution in [2.24, 2.45) is 5.41 Å². The SMILES string of the molecule is CC(=O)C1=CC(C)(C)CCC1. The van der Waals surface area contributed by atoms with Crippen LogP contribution in [0.2, 0.25) is 0 Å². The van der Waals surface area contributed by atoms with E-state index in [-0.39, 0.29) is 11.2 Å². The minimum absolute atomic E-state index is 0.248. The van der Waals surface area contributed by atoms with Crippen molar-refractivity contribution in [2.45, 2.75) is 40.0 Å². The minimum atomic E-state index is 0.248. The lowest BCUT2D eigenvalue weighted by Gasteiger charge is -2.26. The van der Waals surface area contributed by atoms with E-state index in [1.807, 2.05) is 0 Å². The zero-order valence-electron chi connectivity index (χ0n) is 7.61. The third kappa shape index (κ3) is 2.18. The fourth-order valence-electron chi connectivity index (χ4n) is 1.63. The molecule has 0 heterocycles. The maximum absolute atomic E-state index is 11.0. The largest absolute Gasteiger partial charge is 0.295 e. The molecule has 0 bridgehead atoms. The molecule has 0 amide bonds. The van der Waals surface area contributed by atoms with Crippen LogP contribution in [0.1, 0.15) is 40.0 Å². The van der Waals surface area contributed by atoms with Crippen molar-refractivity contribution in [3.8, 4) is 0 Å². The van der Waals surface area contributed by atoms with Gasteiger partial charge in [0.2, 0.25) is 0 Å². The maximum Gasteiger partial charge on any atom is 0.155 e. The van der Waals surface area contributed by atoms with Gasteiger partial charge in [0, 0.05) is 0 Å². The molecule has 0 radical (unpaired) electrons. The van der Waals surface area contributed by atoms with Crippen molar-refractivity contribution in [1.82, 2.24) is 0 Å². The first kappa shape index (κ1) is 8.51. The van der Waals surface area contributed by atoms with E-state index in [4.69, 9.17) is 0 Å². The Morgan fingerprint density at radius 1 is 1.55 bits per heavy atom. The maximum atomic E-state index is 11.0. The Hall–Kier alpha value is -0.590. The Kier molecular flexibility index (Phi) is 2.17. The predicted molar refractivity (Wildman–Crippen MR) is 46.4 cm³/mol. The number of hydrogen-bond donors (Lipinski definition) is 0. The van der Waals surface area contributed by atoms with Gasteiger partial charge in [-0.25, -0.2) is 0 Å². The third-order valence-electron chi connectivity index (χ3n) is 2.28. The molecule has 1 aliphatic carbocycles. The zero-order chi connectivity index (χ0) is 8.48. The second kappa shape index (κ2) is 2.80. The number of rotatable bonds is 1. The predicted octanol–water partition coefficient (Wildman–Crippen LogP) is 2.71. The number of carbonyl (C=O) groups excluding carboxylic acids is 1. The molecule has 11 heavy (non-hydrogen) atoms. The van der Waals surface area contributed by atoms with Gasteiger partial charge >= 0.3 is 0 Å². The Labute approximate surface area is 68.5 Å². The molecule has 1 aliphatic rings. The summed E-state index contributed by atoms with van der Waals surface area (Å²) in [7, 11) is 0. The van der Waals surface area contributed by atoms with E-state index in [0.717, 1.165) is 12.0 Å². The van der Waals surface area contributed by atoms with Gasteiger partial charge in [0.05, 0.1) is 0 Å². The van der Waals surface area contributed by atoms with Crippen LogP contribution < -0.4 is 0 Å². The fraction of sp³-hybridized carbons (Fsp3) is 0.700. The van der Waals surface area contributed by atoms with Crippen LogP contribution in [0, 0.1) is 5.41 Å². The molecule has 0 unspecified atom stereocenters. The summed E-state index contributed by atoms with van der Waals surface area (Å²) >= 11 is 0. The molecule has 0 N–H and O–H groups in total. The van der Waals surface area contributed by atoms with Gasteiger partial charge in [-0.05, 0) is 37.2 Å². The van der Waals surface area contributed by atoms with Crippen molar-refractivity contribution in [1.29, 1.82) is 0 Å². The van der Waals surface area contributed by atoms with E-state index < -0.39 is 0 Å². The highest BCUT2D eigenvalue weighted by molar-refractivity contribution is 5.93. The van der Waals surface area contributed by atoms with Crippen molar-refractivity contribution < 1.29 is 4.79 Å². The van der Waals surface area contributed by atoms with E-state index >= 15 is 0 Å². The number of Topliss-reactive ketones (excluding diaryl/α,β-unsaturated/α-hetero) is 1. The van der Waals surface area contributed by atoms with Crippen LogP contribution >= 0.6 is 0 Å². The van der Waals surface area contributed by atoms with Crippen molar-refractivity contribution in [2.75, 3.05) is 0 Å². The zero-order valence-corrected chi connectivity index (χ0v) is 7.61. The van der Waals surface area contributed by atoms with Crippen LogP contribution in [0.3, 0.4) is 0 Å². The summed E-state index contributed by atoms with van der Waals surface area (Å²) < 4.78 is 0. The molecule has 0 spiro atoms. The molecule has 0 aromatic rings. The van der Waals surface area contributed by atoms with Crippen LogP contribution in [0.5, 0.6) is 0 Å². The first-order chi connectivity index (χ1) is 5.01. The Morgan fingerprint density at radius 2 is 2.18 bits per heavy atom. The molecule has 62 valence electrons. The second-order valence-electron chi connectivity index (χ2n) is 4.07. The topological polar surface area (TPSA) is 17.1 Å². The van der Waals surface area contributed by atoms with Gasteiger partial charge in [-0.2, -0.15) is 0 Å². The van der Waals surface area contributed by atoms with E-state index in [9.17, 15) is 4.79 Å². The summed E-state index contributed by atoms with van der Waals surface area (Å²) in [6.07, 6.45) is 5.50. The third-order valence-corrected chi connectivity index (χ3v) is 2.28. The Morgan fingerprint density at radius 3 is 2.55 bits per heavy atom. The monoisotopic (exact) mass is 152 g/mol. The molecule has 0 aromatic carbocycles. The first-order valence-corrected chi connectivity index (χ1v) is 4.24. The van der Waals surface area contributed by atoms with Gasteiger partial charge in [-0.3, -0.25) is 4.79 Å². The fourth-order valence-corrected chi connectivity index (χ4v) is 1.63. The molecule has 1 rings (SSSR count). The lowest BCUT2D eigenvalue weighted by molar-refractivity contribution is -0.113. The van der Waals surface area contributed by atoms with Crippen molar-refractivity contribution in [3.05, 3.63) is 11.6 Å². The summed E-state index contributed by atoms with van der Waals surface area (Å²) in [5, 5.41) is 0. The number of hydrogen-bond acceptors (Lipinski definition) is 1. The molecule has 0 saturated heterocycles. The lowest BCUT2D eigenvalue weighted by Crippen LogP contribution is -2.15. The summed E-state index contributed by atoms with van der Waals surface area (Å²) in [5.41, 5.74) is 1.28. The smallest absolute Gasteiger partial charge is 0.155 e. The minimum Gasteiger partial charge on any atom is -0.295 e. The highest BCUT2D eigenvalue weighted by atomic mass is 16.1. The van der Waals surface area contributed by atoms with Gasteiger partial charge < -0.3 is 0 Å². The molecule has 0 fully saturated rings. The van der Waals surface area contributed by atoms with Crippen LogP contribution in [0.15, 0.2) is 11.6 Å². The molecular formula is C10H16O. The van der Waals surface area contributed by atoms with Crippen LogP contribution in [0.25, 0.3) is 0 Å². The quantitative estimate of drug-likeness (QED) is 0.564. The average Bonchev–Trinajstić information content (AvgIpc) is 1.85. The van der Waals surface area contributed by atoms with Crippen molar-refractivity contribution >= 4 is 5.78 Å². The summed E-state index contributed by atoms with van der Waals surface area (Å²) in [5.74, 6) is 0.248. The highest BCUT2D eigenvalue weighted by Crippen LogP contribution is 2.33. The Balaban J connectivity index is 2.81. The Bertz CT molecular complexity index is 199. The standard InChI is InChI=1S/C10H16O/c1-8(11)9-5-4-6-10(2,3)7-9/h7H,4-6H2,1-3H3. The summed E-state index contributed by atoms with van der Waals surface area (Å²) in [4.78, 5) is 11.0.